The fourth-order valence-corrected chi connectivity index (χ4v) is 3.62. The van der Waals surface area contributed by atoms with E-state index in [0.717, 1.165) is 37.6 Å². The minimum Gasteiger partial charge on any atom is -0.497 e. The zero-order valence-corrected chi connectivity index (χ0v) is 15.6. The van der Waals surface area contributed by atoms with Crippen LogP contribution < -0.4 is 4.74 Å². The molecule has 1 aliphatic rings. The summed E-state index contributed by atoms with van der Waals surface area (Å²) in [5.74, 6) is 2.20. The number of piperidine rings is 1. The third-order valence-corrected chi connectivity index (χ3v) is 5.16. The van der Waals surface area contributed by atoms with E-state index in [2.05, 4.69) is 65.6 Å². The van der Waals surface area contributed by atoms with Gasteiger partial charge in [-0.1, -0.05) is 42.5 Å². The molecule has 1 heterocycles. The van der Waals surface area contributed by atoms with Crippen LogP contribution in [-0.4, -0.2) is 31.0 Å². The van der Waals surface area contributed by atoms with Gasteiger partial charge in [0.2, 0.25) is 0 Å². The number of benzene rings is 2. The third kappa shape index (κ3) is 4.79. The molecule has 1 atom stereocenters. The topological polar surface area (TPSA) is 12.5 Å². The molecule has 3 rings (SSSR count). The molecule has 0 saturated carbocycles. The largest absolute Gasteiger partial charge is 0.497 e. The lowest BCUT2D eigenvalue weighted by Crippen LogP contribution is -2.32. The second-order valence-corrected chi connectivity index (χ2v) is 6.92. The van der Waals surface area contributed by atoms with Gasteiger partial charge < -0.3 is 9.64 Å². The Morgan fingerprint density at radius 3 is 2.56 bits per heavy atom. The van der Waals surface area contributed by atoms with Crippen LogP contribution in [0.5, 0.6) is 5.75 Å². The van der Waals surface area contributed by atoms with Crippen molar-refractivity contribution in [3.8, 4) is 5.75 Å². The molecule has 1 unspecified atom stereocenters. The normalized spacial score (nSPS) is 19.2. The molecule has 0 amide bonds. The number of alkyl halides is 1. The Bertz CT molecular complexity index is 681. The minimum atomic E-state index is 0.563. The van der Waals surface area contributed by atoms with Gasteiger partial charge in [0.25, 0.3) is 0 Å². The van der Waals surface area contributed by atoms with Crippen molar-refractivity contribution in [2.75, 3.05) is 26.1 Å². The monoisotopic (exact) mass is 355 g/mol. The molecule has 0 radical (unpaired) electrons. The highest BCUT2D eigenvalue weighted by molar-refractivity contribution is 6.17. The summed E-state index contributed by atoms with van der Waals surface area (Å²) in [5, 5.41) is 0. The van der Waals surface area contributed by atoms with Crippen LogP contribution in [0.15, 0.2) is 60.3 Å². The lowest BCUT2D eigenvalue weighted by Gasteiger charge is -2.36. The fourth-order valence-electron chi connectivity index (χ4n) is 3.50. The van der Waals surface area contributed by atoms with Crippen LogP contribution in [0.1, 0.15) is 36.3 Å². The quantitative estimate of drug-likeness (QED) is 0.630. The summed E-state index contributed by atoms with van der Waals surface area (Å²) in [6.07, 6.45) is 5.62. The van der Waals surface area contributed by atoms with Gasteiger partial charge in [0, 0.05) is 24.7 Å². The Morgan fingerprint density at radius 2 is 1.88 bits per heavy atom. The molecule has 1 fully saturated rings. The first-order valence-corrected chi connectivity index (χ1v) is 9.54. The fraction of sp³-hybridized carbons (Fsp3) is 0.364. The van der Waals surface area contributed by atoms with Gasteiger partial charge in [0.1, 0.15) is 5.75 Å². The summed E-state index contributed by atoms with van der Waals surface area (Å²) in [5.41, 5.74) is 4.09. The van der Waals surface area contributed by atoms with E-state index in [1.54, 1.807) is 7.11 Å². The van der Waals surface area contributed by atoms with Gasteiger partial charge in [-0.2, -0.15) is 0 Å². The van der Waals surface area contributed by atoms with E-state index in [1.807, 2.05) is 0 Å². The average molecular weight is 356 g/mol. The van der Waals surface area contributed by atoms with E-state index in [0.29, 0.717) is 5.92 Å². The van der Waals surface area contributed by atoms with Crippen LogP contribution in [0.3, 0.4) is 0 Å². The van der Waals surface area contributed by atoms with E-state index in [-0.39, 0.29) is 0 Å². The van der Waals surface area contributed by atoms with Gasteiger partial charge in [0.15, 0.2) is 0 Å². The predicted octanol–water partition coefficient (Wildman–Crippen LogP) is 5.54. The smallest absolute Gasteiger partial charge is 0.118 e. The van der Waals surface area contributed by atoms with Crippen LogP contribution in [0.4, 0.5) is 0 Å². The third-order valence-electron chi connectivity index (χ3n) is 4.89. The number of ether oxygens (including phenoxy) is 1. The van der Waals surface area contributed by atoms with E-state index < -0.39 is 0 Å². The highest BCUT2D eigenvalue weighted by Crippen LogP contribution is 2.35. The SMILES string of the molecule is COc1ccc(C2CCN(CCCCl)C(=Cc3ccccc3)C2)cc1. The zero-order chi connectivity index (χ0) is 17.5. The van der Waals surface area contributed by atoms with Crippen molar-refractivity contribution < 1.29 is 4.74 Å². The van der Waals surface area contributed by atoms with Gasteiger partial charge in [-0.25, -0.2) is 0 Å². The Morgan fingerprint density at radius 1 is 1.12 bits per heavy atom. The summed E-state index contributed by atoms with van der Waals surface area (Å²) in [6.45, 7) is 2.13. The van der Waals surface area contributed by atoms with E-state index in [9.17, 15) is 0 Å². The Labute approximate surface area is 156 Å². The lowest BCUT2D eigenvalue weighted by atomic mass is 9.87. The molecule has 132 valence electrons. The molecule has 2 aromatic carbocycles. The minimum absolute atomic E-state index is 0.563. The second kappa shape index (κ2) is 8.96. The molecule has 25 heavy (non-hydrogen) atoms. The maximum Gasteiger partial charge on any atom is 0.118 e. The van der Waals surface area contributed by atoms with Gasteiger partial charge >= 0.3 is 0 Å². The standard InChI is InChI=1S/C22H26ClNO/c1-25-22-10-8-19(9-11-22)20-12-15-24(14-5-13-23)21(17-20)16-18-6-3-2-4-7-18/h2-4,6-11,16,20H,5,12-15,17H2,1H3. The molecule has 2 aromatic rings. The van der Waals surface area contributed by atoms with Gasteiger partial charge in [-0.05, 0) is 54.5 Å². The van der Waals surface area contributed by atoms with Crippen molar-refractivity contribution in [3.63, 3.8) is 0 Å². The number of halogens is 1. The second-order valence-electron chi connectivity index (χ2n) is 6.54. The number of hydrogen-bond donors (Lipinski definition) is 0. The van der Waals surface area contributed by atoms with Crippen LogP contribution >= 0.6 is 11.6 Å². The first-order valence-electron chi connectivity index (χ1n) is 9.00. The number of hydrogen-bond acceptors (Lipinski definition) is 2. The molecule has 0 aromatic heterocycles. The molecule has 2 nitrogen and oxygen atoms in total. The number of methoxy groups -OCH3 is 1. The molecular weight excluding hydrogens is 330 g/mol. The molecule has 0 spiro atoms. The summed E-state index contributed by atoms with van der Waals surface area (Å²) < 4.78 is 5.29. The van der Waals surface area contributed by atoms with Crippen LogP contribution in [0.2, 0.25) is 0 Å². The highest BCUT2D eigenvalue weighted by atomic mass is 35.5. The average Bonchev–Trinajstić information content (AvgIpc) is 2.68. The van der Waals surface area contributed by atoms with Gasteiger partial charge in [0.05, 0.1) is 7.11 Å². The molecule has 0 N–H and O–H groups in total. The highest BCUT2D eigenvalue weighted by Gasteiger charge is 2.23. The van der Waals surface area contributed by atoms with E-state index in [1.165, 1.54) is 23.2 Å². The van der Waals surface area contributed by atoms with Crippen molar-refractivity contribution in [2.45, 2.75) is 25.2 Å². The summed E-state index contributed by atoms with van der Waals surface area (Å²) in [6, 6.07) is 19.1. The first-order chi connectivity index (χ1) is 12.3. The van der Waals surface area contributed by atoms with Crippen LogP contribution in [0.25, 0.3) is 6.08 Å². The van der Waals surface area contributed by atoms with Crippen molar-refractivity contribution >= 4 is 17.7 Å². The Kier molecular flexibility index (Phi) is 6.41. The molecule has 3 heteroatoms. The van der Waals surface area contributed by atoms with Crippen LogP contribution in [0, 0.1) is 0 Å². The summed E-state index contributed by atoms with van der Waals surface area (Å²) in [7, 11) is 1.71. The van der Waals surface area contributed by atoms with Crippen molar-refractivity contribution in [3.05, 3.63) is 71.4 Å². The maximum atomic E-state index is 5.92. The molecule has 0 bridgehead atoms. The Balaban J connectivity index is 1.80. The summed E-state index contributed by atoms with van der Waals surface area (Å²) in [4.78, 5) is 2.51. The first kappa shape index (κ1) is 17.9. The number of nitrogens with zero attached hydrogens (tertiary/aromatic N) is 1. The molecular formula is C22H26ClNO. The molecule has 0 aliphatic carbocycles. The van der Waals surface area contributed by atoms with Crippen molar-refractivity contribution in [2.24, 2.45) is 0 Å². The molecule has 1 aliphatic heterocycles. The summed E-state index contributed by atoms with van der Waals surface area (Å²) >= 11 is 5.92. The maximum absolute atomic E-state index is 5.92. The van der Waals surface area contributed by atoms with Crippen molar-refractivity contribution in [1.82, 2.24) is 4.90 Å². The van der Waals surface area contributed by atoms with Crippen LogP contribution in [-0.2, 0) is 0 Å². The number of rotatable bonds is 6. The molecule has 1 saturated heterocycles. The van der Waals surface area contributed by atoms with Gasteiger partial charge in [-0.3, -0.25) is 0 Å². The number of allylic oxidation sites excluding steroid dienone is 1. The number of likely N-dealkylation sites (tertiary alicyclic amines) is 1. The van der Waals surface area contributed by atoms with E-state index in [4.69, 9.17) is 16.3 Å². The van der Waals surface area contributed by atoms with Crippen molar-refractivity contribution in [1.29, 1.82) is 0 Å². The predicted molar refractivity (Wildman–Crippen MR) is 106 cm³/mol. The van der Waals surface area contributed by atoms with E-state index >= 15 is 0 Å². The lowest BCUT2D eigenvalue weighted by molar-refractivity contribution is 0.276. The van der Waals surface area contributed by atoms with Gasteiger partial charge in [-0.15, -0.1) is 11.6 Å². The Hall–Kier alpha value is -1.93. The zero-order valence-electron chi connectivity index (χ0n) is 14.8.